The third-order valence-electron chi connectivity index (χ3n) is 4.77. The molecule has 2 saturated heterocycles. The molecule has 0 aliphatic carbocycles. The zero-order chi connectivity index (χ0) is 20.0. The number of hydrogen-bond donors (Lipinski definition) is 1. The number of rotatable bonds is 3. The van der Waals surface area contributed by atoms with Crippen LogP contribution in [0.15, 0.2) is 18.2 Å². The Bertz CT molecular complexity index is 811. The van der Waals surface area contributed by atoms with Crippen molar-refractivity contribution < 1.29 is 37.1 Å². The van der Waals surface area contributed by atoms with Gasteiger partial charge >= 0.3 is 12.1 Å². The highest BCUT2D eigenvalue weighted by atomic mass is 19.4. The lowest BCUT2D eigenvalue weighted by atomic mass is 10.1. The molecule has 3 rings (SSSR count). The number of carboxylic acid groups (broad SMARTS) is 1. The number of halogens is 4. The van der Waals surface area contributed by atoms with Crippen LogP contribution < -0.4 is 4.90 Å². The molecule has 0 saturated carbocycles. The van der Waals surface area contributed by atoms with Crippen LogP contribution in [0.3, 0.4) is 0 Å². The van der Waals surface area contributed by atoms with Crippen LogP contribution in [0.5, 0.6) is 0 Å². The van der Waals surface area contributed by atoms with Gasteiger partial charge < -0.3 is 14.9 Å². The summed E-state index contributed by atoms with van der Waals surface area (Å²) in [6, 6.07) is 2.58. The summed E-state index contributed by atoms with van der Waals surface area (Å²) in [5.74, 6) is -2.97. The molecule has 0 radical (unpaired) electrons. The number of carbonyl (C=O) groups excluding carboxylic acids is 2. The molecule has 1 aromatic rings. The number of amides is 2. The Morgan fingerprint density at radius 2 is 1.85 bits per heavy atom. The van der Waals surface area contributed by atoms with E-state index in [2.05, 4.69) is 0 Å². The van der Waals surface area contributed by atoms with Crippen LogP contribution in [0, 0.1) is 0 Å². The minimum absolute atomic E-state index is 0.0559. The minimum Gasteiger partial charge on any atom is -0.479 e. The Balaban J connectivity index is 1.96. The average Bonchev–Trinajstić information content (AvgIpc) is 3.20. The van der Waals surface area contributed by atoms with Gasteiger partial charge in [0.25, 0.3) is 5.91 Å². The average molecular weight is 388 g/mol. The van der Waals surface area contributed by atoms with Gasteiger partial charge in [0.15, 0.2) is 0 Å². The van der Waals surface area contributed by atoms with Crippen LogP contribution in [-0.4, -0.2) is 53.1 Å². The molecule has 0 spiro atoms. The predicted octanol–water partition coefficient (Wildman–Crippen LogP) is 2.47. The van der Waals surface area contributed by atoms with E-state index in [0.29, 0.717) is 12.5 Å². The Morgan fingerprint density at radius 1 is 1.15 bits per heavy atom. The molecule has 1 unspecified atom stereocenters. The van der Waals surface area contributed by atoms with Crippen molar-refractivity contribution in [1.29, 1.82) is 0 Å². The summed E-state index contributed by atoms with van der Waals surface area (Å²) in [6.45, 7) is -0.727. The summed E-state index contributed by atoms with van der Waals surface area (Å²) in [5, 5.41) is 8.90. The first kappa shape index (κ1) is 19.1. The van der Waals surface area contributed by atoms with E-state index in [9.17, 15) is 31.9 Å². The van der Waals surface area contributed by atoms with Gasteiger partial charge in [-0.15, -0.1) is 0 Å². The van der Waals surface area contributed by atoms with E-state index in [4.69, 9.17) is 5.11 Å². The lowest BCUT2D eigenvalue weighted by Crippen LogP contribution is -2.39. The van der Waals surface area contributed by atoms with Crippen molar-refractivity contribution in [2.75, 3.05) is 24.5 Å². The molecule has 0 aromatic heterocycles. The van der Waals surface area contributed by atoms with Crippen LogP contribution in [0.25, 0.3) is 0 Å². The van der Waals surface area contributed by atoms with Crippen molar-refractivity contribution in [2.24, 2.45) is 0 Å². The van der Waals surface area contributed by atoms with E-state index < -0.39 is 42.3 Å². The predicted molar refractivity (Wildman–Crippen MR) is 85.0 cm³/mol. The van der Waals surface area contributed by atoms with Gasteiger partial charge in [0.2, 0.25) is 11.6 Å². The van der Waals surface area contributed by atoms with Gasteiger partial charge in [0.05, 0.1) is 12.1 Å². The number of carboxylic acids is 1. The van der Waals surface area contributed by atoms with E-state index in [1.807, 2.05) is 0 Å². The van der Waals surface area contributed by atoms with E-state index in [1.54, 1.807) is 0 Å². The quantitative estimate of drug-likeness (QED) is 0.807. The first-order chi connectivity index (χ1) is 12.5. The van der Waals surface area contributed by atoms with Gasteiger partial charge in [-0.25, -0.2) is 9.18 Å². The first-order valence-electron chi connectivity index (χ1n) is 8.25. The Hall–Kier alpha value is -2.65. The molecule has 146 valence electrons. The van der Waals surface area contributed by atoms with Crippen molar-refractivity contribution in [3.05, 3.63) is 29.3 Å². The number of nitrogens with zero attached hydrogens (tertiary/aromatic N) is 2. The summed E-state index contributed by atoms with van der Waals surface area (Å²) in [6.07, 6.45) is -4.49. The topological polar surface area (TPSA) is 77.9 Å². The zero-order valence-corrected chi connectivity index (χ0v) is 14.1. The number of anilines is 1. The minimum atomic E-state index is -4.75. The number of hydrogen-bond acceptors (Lipinski definition) is 3. The Morgan fingerprint density at radius 3 is 2.37 bits per heavy atom. The molecule has 27 heavy (non-hydrogen) atoms. The van der Waals surface area contributed by atoms with E-state index in [-0.39, 0.29) is 36.7 Å². The van der Waals surface area contributed by atoms with Crippen LogP contribution in [0.2, 0.25) is 0 Å². The maximum atomic E-state index is 14.2. The SMILES string of the molecule is O=C(c1cc(N2CCCC2=O)cc(C(F)(F)F)c1)N1CCC(F)(C(=O)O)C1. The second kappa shape index (κ2) is 6.50. The van der Waals surface area contributed by atoms with Crippen molar-refractivity contribution in [3.63, 3.8) is 0 Å². The van der Waals surface area contributed by atoms with Crippen LogP contribution in [0.1, 0.15) is 35.2 Å². The summed E-state index contributed by atoms with van der Waals surface area (Å²) in [7, 11) is 0. The first-order valence-corrected chi connectivity index (χ1v) is 8.25. The molecule has 2 aliphatic rings. The highest BCUT2D eigenvalue weighted by Crippen LogP contribution is 2.35. The second-order valence-corrected chi connectivity index (χ2v) is 6.66. The van der Waals surface area contributed by atoms with Gasteiger partial charge in [0.1, 0.15) is 0 Å². The molecule has 1 N–H and O–H groups in total. The van der Waals surface area contributed by atoms with E-state index >= 15 is 0 Å². The fraction of sp³-hybridized carbons (Fsp3) is 0.471. The van der Waals surface area contributed by atoms with Gasteiger partial charge in [-0.2, -0.15) is 13.2 Å². The lowest BCUT2D eigenvalue weighted by Gasteiger charge is -2.22. The molecule has 2 heterocycles. The molecule has 10 heteroatoms. The number of carbonyl (C=O) groups is 3. The van der Waals surface area contributed by atoms with E-state index in [1.165, 1.54) is 4.90 Å². The monoisotopic (exact) mass is 388 g/mol. The maximum Gasteiger partial charge on any atom is 0.416 e. The lowest BCUT2D eigenvalue weighted by molar-refractivity contribution is -0.149. The molecule has 6 nitrogen and oxygen atoms in total. The van der Waals surface area contributed by atoms with Crippen LogP contribution >= 0.6 is 0 Å². The van der Waals surface area contributed by atoms with Gasteiger partial charge in [-0.05, 0) is 24.6 Å². The Kier molecular flexibility index (Phi) is 4.61. The van der Waals surface area contributed by atoms with Crippen LogP contribution in [0.4, 0.5) is 23.2 Å². The number of aliphatic carboxylic acids is 1. The standard InChI is InChI=1S/C17H16F4N2O4/c18-16(15(26)27)3-5-22(9-16)14(25)10-6-11(17(19,20)21)8-12(7-10)23-4-1-2-13(23)24/h6-8H,1-5,9H2,(H,26,27). The molecular formula is C17H16F4N2O4. The summed E-state index contributed by atoms with van der Waals surface area (Å²) in [5.41, 5.74) is -4.15. The maximum absolute atomic E-state index is 14.2. The van der Waals surface area contributed by atoms with Gasteiger partial charge in [-0.3, -0.25) is 9.59 Å². The molecule has 0 bridgehead atoms. The van der Waals surface area contributed by atoms with Gasteiger partial charge in [0, 0.05) is 37.2 Å². The van der Waals surface area contributed by atoms with Crippen LogP contribution in [-0.2, 0) is 15.8 Å². The third kappa shape index (κ3) is 3.60. The normalized spacial score (nSPS) is 23.2. The van der Waals surface area contributed by atoms with E-state index in [0.717, 1.165) is 17.0 Å². The van der Waals surface area contributed by atoms with Crippen molar-refractivity contribution in [1.82, 2.24) is 4.90 Å². The summed E-state index contributed by atoms with van der Waals surface area (Å²) in [4.78, 5) is 37.5. The second-order valence-electron chi connectivity index (χ2n) is 6.66. The largest absolute Gasteiger partial charge is 0.479 e. The number of alkyl halides is 4. The molecular weight excluding hydrogens is 372 g/mol. The Labute approximate surface area is 151 Å². The highest BCUT2D eigenvalue weighted by molar-refractivity contribution is 5.99. The smallest absolute Gasteiger partial charge is 0.416 e. The highest BCUT2D eigenvalue weighted by Gasteiger charge is 2.47. The number of benzene rings is 1. The van der Waals surface area contributed by atoms with Crippen molar-refractivity contribution in [3.8, 4) is 0 Å². The number of likely N-dealkylation sites (tertiary alicyclic amines) is 1. The fourth-order valence-corrected chi connectivity index (χ4v) is 3.28. The summed E-state index contributed by atoms with van der Waals surface area (Å²) < 4.78 is 53.9. The summed E-state index contributed by atoms with van der Waals surface area (Å²) >= 11 is 0. The van der Waals surface area contributed by atoms with Crippen molar-refractivity contribution in [2.45, 2.75) is 31.1 Å². The van der Waals surface area contributed by atoms with Crippen molar-refractivity contribution >= 4 is 23.5 Å². The fourth-order valence-electron chi connectivity index (χ4n) is 3.28. The zero-order valence-electron chi connectivity index (χ0n) is 14.1. The molecule has 2 amide bonds. The molecule has 1 atom stereocenters. The molecule has 2 aliphatic heterocycles. The molecule has 2 fully saturated rings. The third-order valence-corrected chi connectivity index (χ3v) is 4.77. The molecule has 1 aromatic carbocycles. The van der Waals surface area contributed by atoms with Gasteiger partial charge in [-0.1, -0.05) is 0 Å².